The van der Waals surface area contributed by atoms with Crippen LogP contribution in [0.4, 0.5) is 0 Å². The third-order valence-corrected chi connectivity index (χ3v) is 6.71. The van der Waals surface area contributed by atoms with Crippen molar-refractivity contribution in [1.29, 1.82) is 0 Å². The Morgan fingerprint density at radius 2 is 1.69 bits per heavy atom. The van der Waals surface area contributed by atoms with E-state index < -0.39 is 0 Å². The summed E-state index contributed by atoms with van der Waals surface area (Å²) >= 11 is 0. The summed E-state index contributed by atoms with van der Waals surface area (Å²) in [6.07, 6.45) is 10.4. The van der Waals surface area contributed by atoms with Crippen molar-refractivity contribution in [2.45, 2.75) is 75.3 Å². The normalized spacial score (nSPS) is 24.2. The molecule has 4 rings (SSSR count). The second kappa shape index (κ2) is 7.59. The molecule has 0 atom stereocenters. The Hall–Kier alpha value is -1.55. The number of rotatable bonds is 5. The maximum Gasteiger partial charge on any atom is 0.230 e. The predicted octanol–water partition coefficient (Wildman–Crippen LogP) is 3.64. The Labute approximate surface area is 157 Å². The number of nitrogens with zero attached hydrogens (tertiary/aromatic N) is 1. The van der Waals surface area contributed by atoms with Crippen molar-refractivity contribution in [1.82, 2.24) is 10.2 Å². The van der Waals surface area contributed by atoms with Crippen molar-refractivity contribution in [3.05, 3.63) is 29.8 Å². The molecular formula is C22H32N2O2. The summed E-state index contributed by atoms with van der Waals surface area (Å²) in [5, 5.41) is 3.44. The van der Waals surface area contributed by atoms with Crippen LogP contribution in [0.5, 0.6) is 5.75 Å². The van der Waals surface area contributed by atoms with Gasteiger partial charge in [0.25, 0.3) is 0 Å². The second-order valence-electron chi connectivity index (χ2n) is 8.39. The van der Waals surface area contributed by atoms with Crippen molar-refractivity contribution >= 4 is 5.91 Å². The van der Waals surface area contributed by atoms with Crippen molar-refractivity contribution < 1.29 is 9.53 Å². The average molecular weight is 357 g/mol. The summed E-state index contributed by atoms with van der Waals surface area (Å²) in [6.45, 7) is 2.29. The van der Waals surface area contributed by atoms with E-state index in [2.05, 4.69) is 22.3 Å². The second-order valence-corrected chi connectivity index (χ2v) is 8.39. The van der Waals surface area contributed by atoms with Gasteiger partial charge in [0.2, 0.25) is 5.91 Å². The number of amides is 1. The van der Waals surface area contributed by atoms with Crippen LogP contribution in [0, 0.1) is 0 Å². The molecule has 1 aliphatic heterocycles. The van der Waals surface area contributed by atoms with Crippen LogP contribution in [0.1, 0.15) is 63.4 Å². The molecule has 3 aliphatic rings. The maximum absolute atomic E-state index is 13.4. The van der Waals surface area contributed by atoms with E-state index in [1.807, 2.05) is 12.1 Å². The molecular weight excluding hydrogens is 324 g/mol. The van der Waals surface area contributed by atoms with Crippen LogP contribution in [0.2, 0.25) is 0 Å². The largest absolute Gasteiger partial charge is 0.497 e. The van der Waals surface area contributed by atoms with Crippen molar-refractivity contribution in [2.75, 3.05) is 20.2 Å². The molecule has 26 heavy (non-hydrogen) atoms. The zero-order valence-corrected chi connectivity index (χ0v) is 16.0. The number of benzene rings is 1. The highest BCUT2D eigenvalue weighted by atomic mass is 16.5. The Bertz CT molecular complexity index is 610. The first kappa shape index (κ1) is 17.8. The Kier molecular flexibility index (Phi) is 5.21. The van der Waals surface area contributed by atoms with Gasteiger partial charge in [0.1, 0.15) is 5.75 Å². The fraction of sp³-hybridized carbons (Fsp3) is 0.682. The quantitative estimate of drug-likeness (QED) is 0.876. The van der Waals surface area contributed by atoms with Crippen LogP contribution >= 0.6 is 0 Å². The monoisotopic (exact) mass is 356 g/mol. The molecule has 0 aromatic heterocycles. The molecule has 0 bridgehead atoms. The smallest absolute Gasteiger partial charge is 0.230 e. The number of methoxy groups -OCH3 is 1. The summed E-state index contributed by atoms with van der Waals surface area (Å²) in [6, 6.07) is 9.36. The molecule has 3 fully saturated rings. The van der Waals surface area contributed by atoms with Crippen molar-refractivity contribution in [2.24, 2.45) is 0 Å². The maximum atomic E-state index is 13.4. The van der Waals surface area contributed by atoms with Gasteiger partial charge in [-0.15, -0.1) is 0 Å². The average Bonchev–Trinajstić information content (AvgIpc) is 3.54. The molecule has 142 valence electrons. The summed E-state index contributed by atoms with van der Waals surface area (Å²) in [4.78, 5) is 16.0. The standard InChI is InChI=1S/C22H32N2O2/c1-26-20-9-5-17(6-10-20)22(13-3-2-4-14-22)21(25)23-18-11-15-24(16-12-18)19-7-8-19/h5-6,9-10,18-19H,2-4,7-8,11-16H2,1H3,(H,23,25). The van der Waals surface area contributed by atoms with E-state index >= 15 is 0 Å². The van der Waals surface area contributed by atoms with Gasteiger partial charge in [-0.05, 0) is 56.2 Å². The molecule has 1 saturated heterocycles. The SMILES string of the molecule is COc1ccc(C2(C(=O)NC3CCN(C4CC4)CC3)CCCCC2)cc1. The molecule has 0 radical (unpaired) electrons. The number of nitrogens with one attached hydrogen (secondary N) is 1. The fourth-order valence-electron chi connectivity index (χ4n) is 4.88. The number of carbonyl (C=O) groups excluding carboxylic acids is 1. The van der Waals surface area contributed by atoms with E-state index in [1.165, 1.54) is 19.3 Å². The van der Waals surface area contributed by atoms with E-state index in [9.17, 15) is 4.79 Å². The zero-order valence-electron chi connectivity index (χ0n) is 16.0. The third-order valence-electron chi connectivity index (χ3n) is 6.71. The van der Waals surface area contributed by atoms with Gasteiger partial charge in [-0.2, -0.15) is 0 Å². The Morgan fingerprint density at radius 1 is 1.04 bits per heavy atom. The minimum absolute atomic E-state index is 0.257. The molecule has 2 aliphatic carbocycles. The lowest BCUT2D eigenvalue weighted by atomic mass is 9.68. The first-order chi connectivity index (χ1) is 12.7. The van der Waals surface area contributed by atoms with Crippen LogP contribution in [0.15, 0.2) is 24.3 Å². The minimum atomic E-state index is -0.349. The number of likely N-dealkylation sites (tertiary alicyclic amines) is 1. The summed E-state index contributed by atoms with van der Waals surface area (Å²) in [5.41, 5.74) is 0.809. The molecule has 4 nitrogen and oxygen atoms in total. The molecule has 1 N–H and O–H groups in total. The highest BCUT2D eigenvalue weighted by molar-refractivity contribution is 5.88. The number of carbonyl (C=O) groups is 1. The van der Waals surface area contributed by atoms with Gasteiger partial charge in [0, 0.05) is 25.2 Å². The van der Waals surface area contributed by atoms with Gasteiger partial charge in [0.05, 0.1) is 12.5 Å². The van der Waals surface area contributed by atoms with Crippen LogP contribution in [-0.4, -0.2) is 43.1 Å². The van der Waals surface area contributed by atoms with Crippen molar-refractivity contribution in [3.63, 3.8) is 0 Å². The van der Waals surface area contributed by atoms with Gasteiger partial charge in [-0.1, -0.05) is 31.4 Å². The van der Waals surface area contributed by atoms with Crippen molar-refractivity contribution in [3.8, 4) is 5.75 Å². The molecule has 2 saturated carbocycles. The fourth-order valence-corrected chi connectivity index (χ4v) is 4.88. The van der Waals surface area contributed by atoms with Gasteiger partial charge < -0.3 is 15.0 Å². The predicted molar refractivity (Wildman–Crippen MR) is 104 cm³/mol. The lowest BCUT2D eigenvalue weighted by molar-refractivity contribution is -0.129. The van der Waals surface area contributed by atoms with E-state index in [0.29, 0.717) is 6.04 Å². The lowest BCUT2D eigenvalue weighted by Gasteiger charge is -2.39. The van der Waals surface area contributed by atoms with Crippen LogP contribution in [0.3, 0.4) is 0 Å². The van der Waals surface area contributed by atoms with E-state index in [4.69, 9.17) is 4.74 Å². The highest BCUT2D eigenvalue weighted by Gasteiger charge is 2.42. The number of hydrogen-bond donors (Lipinski definition) is 1. The third kappa shape index (κ3) is 3.62. The summed E-state index contributed by atoms with van der Waals surface area (Å²) in [7, 11) is 1.69. The molecule has 1 aromatic rings. The molecule has 1 amide bonds. The molecule has 0 unspecified atom stereocenters. The highest BCUT2D eigenvalue weighted by Crippen LogP contribution is 2.40. The van der Waals surface area contributed by atoms with E-state index in [0.717, 1.165) is 69.0 Å². The number of ether oxygens (including phenoxy) is 1. The molecule has 0 spiro atoms. The van der Waals surface area contributed by atoms with Gasteiger partial charge in [-0.3, -0.25) is 4.79 Å². The van der Waals surface area contributed by atoms with E-state index in [-0.39, 0.29) is 11.3 Å². The summed E-state index contributed by atoms with van der Waals surface area (Å²) < 4.78 is 5.30. The number of piperidine rings is 1. The van der Waals surface area contributed by atoms with Gasteiger partial charge >= 0.3 is 0 Å². The van der Waals surface area contributed by atoms with Crippen LogP contribution in [0.25, 0.3) is 0 Å². The topological polar surface area (TPSA) is 41.6 Å². The lowest BCUT2D eigenvalue weighted by Crippen LogP contribution is -2.52. The van der Waals surface area contributed by atoms with Crippen LogP contribution < -0.4 is 10.1 Å². The Morgan fingerprint density at radius 3 is 2.27 bits per heavy atom. The van der Waals surface area contributed by atoms with Gasteiger partial charge in [0.15, 0.2) is 0 Å². The van der Waals surface area contributed by atoms with Crippen LogP contribution in [-0.2, 0) is 10.2 Å². The first-order valence-electron chi connectivity index (χ1n) is 10.4. The minimum Gasteiger partial charge on any atom is -0.497 e. The molecule has 1 aromatic carbocycles. The van der Waals surface area contributed by atoms with Gasteiger partial charge in [-0.25, -0.2) is 0 Å². The first-order valence-corrected chi connectivity index (χ1v) is 10.4. The summed E-state index contributed by atoms with van der Waals surface area (Å²) in [5.74, 6) is 1.11. The van der Waals surface area contributed by atoms with E-state index in [1.54, 1.807) is 7.11 Å². The number of hydrogen-bond acceptors (Lipinski definition) is 3. The zero-order chi connectivity index (χ0) is 18.0. The molecule has 4 heteroatoms. The molecule has 1 heterocycles. The Balaban J connectivity index is 1.45.